The third kappa shape index (κ3) is 3.01. The maximum atomic E-state index is 13.5. The SMILES string of the molecule is Nc1ccc(C(F)(F)F)cc1C(=O)c1cc(F)ccc1F. The Morgan fingerprint density at radius 1 is 0.952 bits per heavy atom. The summed E-state index contributed by atoms with van der Waals surface area (Å²) < 4.78 is 64.5. The van der Waals surface area contributed by atoms with Gasteiger partial charge in [0.15, 0.2) is 5.78 Å². The molecule has 0 saturated carbocycles. The molecule has 0 saturated heterocycles. The average molecular weight is 301 g/mol. The van der Waals surface area contributed by atoms with Crippen molar-refractivity contribution < 1.29 is 26.7 Å². The Labute approximate surface area is 116 Å². The minimum absolute atomic E-state index is 0.253. The standard InChI is InChI=1S/C14H8F5NO/c15-8-2-3-11(16)9(6-8)13(21)10-5-7(14(17,18)19)1-4-12(10)20/h1-6H,20H2. The number of hydrogen-bond acceptors (Lipinski definition) is 2. The zero-order valence-corrected chi connectivity index (χ0v) is 10.3. The van der Waals surface area contributed by atoms with Gasteiger partial charge in [-0.05, 0) is 36.4 Å². The molecule has 2 nitrogen and oxygen atoms in total. The average Bonchev–Trinajstić information content (AvgIpc) is 2.40. The second-order valence-corrected chi connectivity index (χ2v) is 4.25. The Morgan fingerprint density at radius 3 is 2.24 bits per heavy atom. The molecule has 7 heteroatoms. The number of alkyl halides is 3. The molecule has 0 atom stereocenters. The lowest BCUT2D eigenvalue weighted by Crippen LogP contribution is -2.12. The van der Waals surface area contributed by atoms with Gasteiger partial charge >= 0.3 is 6.18 Å². The summed E-state index contributed by atoms with van der Waals surface area (Å²) in [5.41, 5.74) is 2.89. The molecule has 0 fully saturated rings. The van der Waals surface area contributed by atoms with Crippen LogP contribution in [0, 0.1) is 11.6 Å². The van der Waals surface area contributed by atoms with E-state index in [1.807, 2.05) is 0 Å². The number of carbonyl (C=O) groups excluding carboxylic acids is 1. The molecule has 110 valence electrons. The molecule has 0 amide bonds. The summed E-state index contributed by atoms with van der Waals surface area (Å²) in [6, 6.07) is 4.23. The maximum Gasteiger partial charge on any atom is 0.416 e. The van der Waals surface area contributed by atoms with Crippen molar-refractivity contribution in [2.24, 2.45) is 0 Å². The smallest absolute Gasteiger partial charge is 0.398 e. The van der Waals surface area contributed by atoms with Crippen molar-refractivity contribution in [1.29, 1.82) is 0 Å². The van der Waals surface area contributed by atoms with Crippen molar-refractivity contribution in [1.82, 2.24) is 0 Å². The molecule has 0 aliphatic carbocycles. The van der Waals surface area contributed by atoms with Gasteiger partial charge in [-0.15, -0.1) is 0 Å². The molecule has 2 aromatic carbocycles. The molecule has 0 aromatic heterocycles. The number of rotatable bonds is 2. The summed E-state index contributed by atoms with van der Waals surface area (Å²) in [5, 5.41) is 0. The predicted octanol–water partition coefficient (Wildman–Crippen LogP) is 3.80. The third-order valence-electron chi connectivity index (χ3n) is 2.80. The molecule has 0 spiro atoms. The van der Waals surface area contributed by atoms with E-state index in [0.717, 1.165) is 12.1 Å². The highest BCUT2D eigenvalue weighted by molar-refractivity contribution is 6.12. The van der Waals surface area contributed by atoms with Gasteiger partial charge in [-0.1, -0.05) is 0 Å². The van der Waals surface area contributed by atoms with Crippen molar-refractivity contribution in [2.45, 2.75) is 6.18 Å². The molecule has 21 heavy (non-hydrogen) atoms. The van der Waals surface area contributed by atoms with Gasteiger partial charge in [0.25, 0.3) is 0 Å². The molecule has 0 aliphatic heterocycles. The zero-order valence-electron chi connectivity index (χ0n) is 10.3. The Balaban J connectivity index is 2.55. The number of nitrogens with two attached hydrogens (primary N) is 1. The number of carbonyl (C=O) groups is 1. The fourth-order valence-corrected chi connectivity index (χ4v) is 1.75. The summed E-state index contributed by atoms with van der Waals surface area (Å²) in [5.74, 6) is -3.04. The topological polar surface area (TPSA) is 43.1 Å². The van der Waals surface area contributed by atoms with E-state index in [2.05, 4.69) is 0 Å². The van der Waals surface area contributed by atoms with Crippen molar-refractivity contribution >= 4 is 11.5 Å². The highest BCUT2D eigenvalue weighted by Crippen LogP contribution is 2.32. The predicted molar refractivity (Wildman–Crippen MR) is 65.6 cm³/mol. The number of benzene rings is 2. The van der Waals surface area contributed by atoms with Gasteiger partial charge < -0.3 is 5.73 Å². The minimum atomic E-state index is -4.68. The number of hydrogen-bond donors (Lipinski definition) is 1. The van der Waals surface area contributed by atoms with E-state index in [9.17, 15) is 26.7 Å². The first-order valence-electron chi connectivity index (χ1n) is 5.66. The summed E-state index contributed by atoms with van der Waals surface area (Å²) >= 11 is 0. The van der Waals surface area contributed by atoms with Crippen molar-refractivity contribution in [3.63, 3.8) is 0 Å². The van der Waals surface area contributed by atoms with Gasteiger partial charge in [0.1, 0.15) is 11.6 Å². The third-order valence-corrected chi connectivity index (χ3v) is 2.80. The van der Waals surface area contributed by atoms with E-state index < -0.39 is 40.3 Å². The lowest BCUT2D eigenvalue weighted by Gasteiger charge is -2.11. The lowest BCUT2D eigenvalue weighted by atomic mass is 9.99. The van der Waals surface area contributed by atoms with Crippen molar-refractivity contribution in [3.05, 3.63) is 64.7 Å². The highest BCUT2D eigenvalue weighted by Gasteiger charge is 2.32. The van der Waals surface area contributed by atoms with Crippen LogP contribution in [0.4, 0.5) is 27.6 Å². The van der Waals surface area contributed by atoms with Crippen LogP contribution in [0.5, 0.6) is 0 Å². The first kappa shape index (κ1) is 15.0. The van der Waals surface area contributed by atoms with E-state index in [4.69, 9.17) is 5.73 Å². The normalized spacial score (nSPS) is 11.5. The molecule has 0 bridgehead atoms. The Hall–Kier alpha value is -2.44. The maximum absolute atomic E-state index is 13.5. The van der Waals surface area contributed by atoms with Crippen molar-refractivity contribution in [2.75, 3.05) is 5.73 Å². The molecule has 2 aromatic rings. The van der Waals surface area contributed by atoms with Crippen molar-refractivity contribution in [3.8, 4) is 0 Å². The Morgan fingerprint density at radius 2 is 1.62 bits per heavy atom. The number of ketones is 1. The van der Waals surface area contributed by atoms with Crippen LogP contribution < -0.4 is 5.73 Å². The summed E-state index contributed by atoms with van der Waals surface area (Å²) in [7, 11) is 0. The zero-order chi connectivity index (χ0) is 15.8. The van der Waals surface area contributed by atoms with Gasteiger partial charge in [-0.25, -0.2) is 8.78 Å². The van der Waals surface area contributed by atoms with Gasteiger partial charge in [0, 0.05) is 11.3 Å². The molecule has 0 unspecified atom stereocenters. The number of halogens is 5. The van der Waals surface area contributed by atoms with Crippen LogP contribution in [0.15, 0.2) is 36.4 Å². The second-order valence-electron chi connectivity index (χ2n) is 4.25. The fraction of sp³-hybridized carbons (Fsp3) is 0.0714. The Bertz CT molecular complexity index is 709. The van der Waals surface area contributed by atoms with Crippen LogP contribution in [0.1, 0.15) is 21.5 Å². The molecule has 2 N–H and O–H groups in total. The van der Waals surface area contributed by atoms with E-state index in [1.54, 1.807) is 0 Å². The molecule has 2 rings (SSSR count). The van der Waals surface area contributed by atoms with Crippen LogP contribution in [-0.2, 0) is 6.18 Å². The lowest BCUT2D eigenvalue weighted by molar-refractivity contribution is -0.137. The summed E-state index contributed by atoms with van der Waals surface area (Å²) in [4.78, 5) is 12.1. The highest BCUT2D eigenvalue weighted by atomic mass is 19.4. The van der Waals surface area contributed by atoms with Crippen LogP contribution >= 0.6 is 0 Å². The van der Waals surface area contributed by atoms with Gasteiger partial charge in [-0.2, -0.15) is 13.2 Å². The largest absolute Gasteiger partial charge is 0.416 e. The van der Waals surface area contributed by atoms with Gasteiger partial charge in [0.05, 0.1) is 11.1 Å². The van der Waals surface area contributed by atoms with Crippen LogP contribution in [0.25, 0.3) is 0 Å². The van der Waals surface area contributed by atoms with E-state index in [1.165, 1.54) is 0 Å². The minimum Gasteiger partial charge on any atom is -0.398 e. The molecule has 0 aliphatic rings. The van der Waals surface area contributed by atoms with Crippen LogP contribution in [-0.4, -0.2) is 5.78 Å². The molecular formula is C14H8F5NO. The van der Waals surface area contributed by atoms with E-state index in [0.29, 0.717) is 24.3 Å². The molecular weight excluding hydrogens is 293 g/mol. The van der Waals surface area contributed by atoms with Gasteiger partial charge in [0.2, 0.25) is 0 Å². The quantitative estimate of drug-likeness (QED) is 0.521. The summed E-state index contributed by atoms with van der Waals surface area (Å²) in [6.07, 6.45) is -4.68. The number of anilines is 1. The van der Waals surface area contributed by atoms with E-state index in [-0.39, 0.29) is 5.69 Å². The summed E-state index contributed by atoms with van der Waals surface area (Å²) in [6.45, 7) is 0. The second kappa shape index (κ2) is 5.16. The molecule has 0 radical (unpaired) electrons. The Kier molecular flexibility index (Phi) is 3.67. The van der Waals surface area contributed by atoms with Crippen LogP contribution in [0.3, 0.4) is 0 Å². The van der Waals surface area contributed by atoms with E-state index >= 15 is 0 Å². The molecule has 0 heterocycles. The number of nitrogen functional groups attached to an aromatic ring is 1. The fourth-order valence-electron chi connectivity index (χ4n) is 1.75. The van der Waals surface area contributed by atoms with Crippen LogP contribution in [0.2, 0.25) is 0 Å². The first-order valence-corrected chi connectivity index (χ1v) is 5.66. The van der Waals surface area contributed by atoms with Gasteiger partial charge in [-0.3, -0.25) is 4.79 Å². The monoisotopic (exact) mass is 301 g/mol. The first-order chi connectivity index (χ1) is 9.70.